The van der Waals surface area contributed by atoms with E-state index in [-0.39, 0.29) is 16.7 Å². The molecular weight excluding hydrogens is 318 g/mol. The molecule has 0 aliphatic carbocycles. The summed E-state index contributed by atoms with van der Waals surface area (Å²) in [6.07, 6.45) is 5.05. The fraction of sp³-hybridized carbons (Fsp3) is 0.632. The zero-order valence-corrected chi connectivity index (χ0v) is 14.9. The van der Waals surface area contributed by atoms with E-state index in [1.165, 1.54) is 6.07 Å². The molecule has 3 rings (SSSR count). The van der Waals surface area contributed by atoms with Gasteiger partial charge in [-0.3, -0.25) is 19.8 Å². The van der Waals surface area contributed by atoms with Crippen molar-refractivity contribution in [3.8, 4) is 0 Å². The summed E-state index contributed by atoms with van der Waals surface area (Å²) in [5, 5.41) is 11.0. The number of nitrogens with zero attached hydrogens (tertiary/aromatic N) is 3. The van der Waals surface area contributed by atoms with Gasteiger partial charge in [-0.2, -0.15) is 0 Å². The molecule has 1 amide bonds. The van der Waals surface area contributed by atoms with Gasteiger partial charge < -0.3 is 4.90 Å². The van der Waals surface area contributed by atoms with Crippen LogP contribution in [-0.4, -0.2) is 46.8 Å². The number of carbonyl (C=O) groups excluding carboxylic acids is 1. The Bertz CT molecular complexity index is 626. The summed E-state index contributed by atoms with van der Waals surface area (Å²) in [4.78, 5) is 27.1. The fourth-order valence-corrected chi connectivity index (χ4v) is 4.00. The molecule has 1 unspecified atom stereocenters. The lowest BCUT2D eigenvalue weighted by atomic mass is 9.93. The van der Waals surface area contributed by atoms with Crippen molar-refractivity contribution in [3.05, 3.63) is 39.9 Å². The van der Waals surface area contributed by atoms with E-state index in [0.29, 0.717) is 18.2 Å². The molecule has 0 bridgehead atoms. The van der Waals surface area contributed by atoms with Gasteiger partial charge in [0, 0.05) is 37.7 Å². The summed E-state index contributed by atoms with van der Waals surface area (Å²) in [6.45, 7) is 5.90. The summed E-state index contributed by atoms with van der Waals surface area (Å²) < 4.78 is 0. The third-order valence-electron chi connectivity index (χ3n) is 5.66. The van der Waals surface area contributed by atoms with Crippen molar-refractivity contribution in [2.24, 2.45) is 5.92 Å². The second-order valence-corrected chi connectivity index (χ2v) is 7.30. The van der Waals surface area contributed by atoms with Crippen molar-refractivity contribution >= 4 is 11.6 Å². The van der Waals surface area contributed by atoms with E-state index in [2.05, 4.69) is 11.8 Å². The van der Waals surface area contributed by atoms with E-state index in [9.17, 15) is 14.9 Å². The Morgan fingerprint density at radius 1 is 1.24 bits per heavy atom. The Kier molecular flexibility index (Phi) is 5.68. The number of likely N-dealkylation sites (tertiary alicyclic amines) is 2. The van der Waals surface area contributed by atoms with Crippen molar-refractivity contribution < 1.29 is 9.72 Å². The molecule has 2 fully saturated rings. The van der Waals surface area contributed by atoms with Gasteiger partial charge in [0.1, 0.15) is 0 Å². The second-order valence-electron chi connectivity index (χ2n) is 7.30. The molecule has 6 heteroatoms. The molecule has 2 aliphatic heterocycles. The molecule has 25 heavy (non-hydrogen) atoms. The molecule has 136 valence electrons. The van der Waals surface area contributed by atoms with E-state index in [1.54, 1.807) is 12.1 Å². The number of nitro benzene ring substituents is 1. The highest BCUT2D eigenvalue weighted by Crippen LogP contribution is 2.29. The molecule has 1 aromatic carbocycles. The lowest BCUT2D eigenvalue weighted by Crippen LogP contribution is -2.43. The van der Waals surface area contributed by atoms with Crippen molar-refractivity contribution in [2.75, 3.05) is 26.2 Å². The first kappa shape index (κ1) is 17.9. The van der Waals surface area contributed by atoms with E-state index in [0.717, 1.165) is 57.4 Å². The predicted octanol–water partition coefficient (Wildman–Crippen LogP) is 3.38. The minimum Gasteiger partial charge on any atom is -0.342 e. The molecule has 1 aromatic rings. The van der Waals surface area contributed by atoms with Crippen molar-refractivity contribution in [3.63, 3.8) is 0 Å². The molecule has 0 aromatic heterocycles. The van der Waals surface area contributed by atoms with Gasteiger partial charge >= 0.3 is 0 Å². The van der Waals surface area contributed by atoms with Crippen LogP contribution in [0, 0.1) is 16.0 Å². The van der Waals surface area contributed by atoms with Crippen LogP contribution in [0.5, 0.6) is 0 Å². The monoisotopic (exact) mass is 345 g/mol. The SMILES string of the molecule is CC(c1cccc([N+](=O)[O-])c1)N1CCC(CN2CCCCC2=O)CC1. The zero-order chi connectivity index (χ0) is 17.8. The number of piperidine rings is 2. The topological polar surface area (TPSA) is 66.7 Å². The van der Waals surface area contributed by atoms with Gasteiger partial charge in [0.05, 0.1) is 4.92 Å². The molecule has 6 nitrogen and oxygen atoms in total. The summed E-state index contributed by atoms with van der Waals surface area (Å²) >= 11 is 0. The van der Waals surface area contributed by atoms with Gasteiger partial charge in [0.25, 0.3) is 5.69 Å². The first-order valence-electron chi connectivity index (χ1n) is 9.31. The average Bonchev–Trinajstić information content (AvgIpc) is 2.64. The Balaban J connectivity index is 1.54. The van der Waals surface area contributed by atoms with Gasteiger partial charge in [-0.25, -0.2) is 0 Å². The predicted molar refractivity (Wildman–Crippen MR) is 96.2 cm³/mol. The molecular formula is C19H27N3O3. The van der Waals surface area contributed by atoms with Crippen LogP contribution in [-0.2, 0) is 4.79 Å². The molecule has 0 saturated carbocycles. The standard InChI is InChI=1S/C19H27N3O3/c1-15(17-5-4-6-18(13-17)22(24)25)20-11-8-16(9-12-20)14-21-10-3-2-7-19(21)23/h4-6,13,15-16H,2-3,7-12,14H2,1H3. The number of rotatable bonds is 5. The maximum absolute atomic E-state index is 12.0. The maximum Gasteiger partial charge on any atom is 0.269 e. The number of amides is 1. The van der Waals surface area contributed by atoms with Crippen LogP contribution in [0.1, 0.15) is 50.6 Å². The van der Waals surface area contributed by atoms with Gasteiger partial charge in [-0.1, -0.05) is 12.1 Å². The molecule has 1 atom stereocenters. The number of hydrogen-bond acceptors (Lipinski definition) is 4. The molecule has 0 N–H and O–H groups in total. The summed E-state index contributed by atoms with van der Waals surface area (Å²) in [5.41, 5.74) is 1.15. The van der Waals surface area contributed by atoms with Crippen LogP contribution in [0.3, 0.4) is 0 Å². The third-order valence-corrected chi connectivity index (χ3v) is 5.66. The van der Waals surface area contributed by atoms with Gasteiger partial charge in [-0.05, 0) is 57.2 Å². The van der Waals surface area contributed by atoms with Crippen molar-refractivity contribution in [2.45, 2.75) is 45.1 Å². The van der Waals surface area contributed by atoms with E-state index in [1.807, 2.05) is 11.0 Å². The third kappa shape index (κ3) is 4.37. The average molecular weight is 345 g/mol. The number of nitro groups is 1. The first-order valence-corrected chi connectivity index (χ1v) is 9.31. The maximum atomic E-state index is 12.0. The number of benzene rings is 1. The van der Waals surface area contributed by atoms with Crippen LogP contribution < -0.4 is 0 Å². The Morgan fingerprint density at radius 2 is 2.00 bits per heavy atom. The van der Waals surface area contributed by atoms with Crippen molar-refractivity contribution in [1.29, 1.82) is 0 Å². The molecule has 2 heterocycles. The summed E-state index contributed by atoms with van der Waals surface area (Å²) in [6, 6.07) is 7.13. The smallest absolute Gasteiger partial charge is 0.269 e. The number of hydrogen-bond donors (Lipinski definition) is 0. The van der Waals surface area contributed by atoms with Gasteiger partial charge in [-0.15, -0.1) is 0 Å². The first-order chi connectivity index (χ1) is 12.0. The molecule has 2 aliphatic rings. The highest BCUT2D eigenvalue weighted by molar-refractivity contribution is 5.76. The largest absolute Gasteiger partial charge is 0.342 e. The lowest BCUT2D eigenvalue weighted by molar-refractivity contribution is -0.385. The molecule has 0 spiro atoms. The van der Waals surface area contributed by atoms with Crippen LogP contribution >= 0.6 is 0 Å². The molecule has 2 saturated heterocycles. The van der Waals surface area contributed by atoms with Crippen LogP contribution in [0.25, 0.3) is 0 Å². The number of non-ortho nitro benzene ring substituents is 1. The van der Waals surface area contributed by atoms with E-state index in [4.69, 9.17) is 0 Å². The van der Waals surface area contributed by atoms with E-state index >= 15 is 0 Å². The van der Waals surface area contributed by atoms with Gasteiger partial charge in [0.15, 0.2) is 0 Å². The zero-order valence-electron chi connectivity index (χ0n) is 14.9. The van der Waals surface area contributed by atoms with Crippen LogP contribution in [0.4, 0.5) is 5.69 Å². The highest BCUT2D eigenvalue weighted by Gasteiger charge is 2.27. The van der Waals surface area contributed by atoms with Gasteiger partial charge in [0.2, 0.25) is 5.91 Å². The highest BCUT2D eigenvalue weighted by atomic mass is 16.6. The van der Waals surface area contributed by atoms with Crippen LogP contribution in [0.15, 0.2) is 24.3 Å². The van der Waals surface area contributed by atoms with E-state index < -0.39 is 0 Å². The quantitative estimate of drug-likeness (QED) is 0.606. The Labute approximate surface area is 148 Å². The minimum atomic E-state index is -0.335. The minimum absolute atomic E-state index is 0.155. The second kappa shape index (κ2) is 7.95. The normalized spacial score (nSPS) is 21.3. The number of carbonyl (C=O) groups is 1. The summed E-state index contributed by atoms with van der Waals surface area (Å²) in [5.74, 6) is 0.897. The Morgan fingerprint density at radius 3 is 2.68 bits per heavy atom. The Hall–Kier alpha value is -1.95. The summed E-state index contributed by atoms with van der Waals surface area (Å²) in [7, 11) is 0. The van der Waals surface area contributed by atoms with Crippen LogP contribution in [0.2, 0.25) is 0 Å². The fourth-order valence-electron chi connectivity index (χ4n) is 4.00. The lowest BCUT2D eigenvalue weighted by Gasteiger charge is -2.38. The van der Waals surface area contributed by atoms with Crippen molar-refractivity contribution in [1.82, 2.24) is 9.80 Å². The molecule has 0 radical (unpaired) electrons.